The first-order valence-electron chi connectivity index (χ1n) is 8.29. The molecule has 1 aliphatic heterocycles. The molecule has 134 valence electrons. The van der Waals surface area contributed by atoms with Crippen LogP contribution >= 0.6 is 0 Å². The van der Waals surface area contributed by atoms with Gasteiger partial charge in [-0.05, 0) is 31.9 Å². The smallest absolute Gasteiger partial charge is 0.242 e. The number of rotatable bonds is 7. The Hall–Kier alpha value is -2.26. The molecular formula is C16H22N6O2S. The molecule has 0 atom stereocenters. The molecule has 1 saturated heterocycles. The molecular weight excluding hydrogens is 340 g/mol. The lowest BCUT2D eigenvalue weighted by molar-refractivity contribution is 0.582. The number of aromatic nitrogens is 3. The topological polar surface area (TPSA) is 100 Å². The monoisotopic (exact) mass is 362 g/mol. The third kappa shape index (κ3) is 4.64. The van der Waals surface area contributed by atoms with E-state index in [1.54, 1.807) is 6.07 Å². The Bertz CT molecular complexity index is 807. The Morgan fingerprint density at radius 2 is 2.00 bits per heavy atom. The van der Waals surface area contributed by atoms with Gasteiger partial charge < -0.3 is 10.2 Å². The van der Waals surface area contributed by atoms with Crippen molar-refractivity contribution in [1.29, 1.82) is 0 Å². The van der Waals surface area contributed by atoms with Crippen LogP contribution in [0, 0.1) is 6.92 Å². The Kier molecular flexibility index (Phi) is 5.44. The predicted molar refractivity (Wildman–Crippen MR) is 96.1 cm³/mol. The minimum atomic E-state index is -3.55. The van der Waals surface area contributed by atoms with Gasteiger partial charge in [-0.1, -0.05) is 0 Å². The lowest BCUT2D eigenvalue weighted by Crippen LogP contribution is -2.29. The van der Waals surface area contributed by atoms with Gasteiger partial charge in [0.2, 0.25) is 16.0 Å². The van der Waals surface area contributed by atoms with E-state index in [4.69, 9.17) is 0 Å². The summed E-state index contributed by atoms with van der Waals surface area (Å²) in [5.74, 6) is 1.44. The molecule has 25 heavy (non-hydrogen) atoms. The number of hydrogen-bond donors (Lipinski definition) is 2. The van der Waals surface area contributed by atoms with Gasteiger partial charge in [0.1, 0.15) is 10.7 Å². The van der Waals surface area contributed by atoms with Crippen LogP contribution in [0.5, 0.6) is 0 Å². The molecule has 8 nitrogen and oxygen atoms in total. The summed E-state index contributed by atoms with van der Waals surface area (Å²) in [6, 6.07) is 5.07. The fraction of sp³-hybridized carbons (Fsp3) is 0.438. The summed E-state index contributed by atoms with van der Waals surface area (Å²) in [6.07, 6.45) is 5.22. The third-order valence-corrected chi connectivity index (χ3v) is 5.36. The van der Waals surface area contributed by atoms with E-state index in [1.807, 2.05) is 13.0 Å². The first kappa shape index (κ1) is 17.6. The fourth-order valence-electron chi connectivity index (χ4n) is 2.69. The predicted octanol–water partition coefficient (Wildman–Crippen LogP) is 1.17. The van der Waals surface area contributed by atoms with E-state index >= 15 is 0 Å². The number of nitrogens with one attached hydrogen (secondary N) is 2. The van der Waals surface area contributed by atoms with E-state index < -0.39 is 10.0 Å². The molecule has 0 spiro atoms. The highest BCUT2D eigenvalue weighted by Gasteiger charge is 2.15. The highest BCUT2D eigenvalue weighted by atomic mass is 32.2. The zero-order valence-electron chi connectivity index (χ0n) is 14.1. The molecule has 1 fully saturated rings. The second-order valence-corrected chi connectivity index (χ2v) is 7.67. The molecule has 0 bridgehead atoms. The lowest BCUT2D eigenvalue weighted by Gasteiger charge is -2.17. The third-order valence-electron chi connectivity index (χ3n) is 3.92. The number of sulfonamides is 1. The van der Waals surface area contributed by atoms with E-state index in [-0.39, 0.29) is 11.4 Å². The highest BCUT2D eigenvalue weighted by Crippen LogP contribution is 2.19. The SMILES string of the molecule is Cc1cc(N2CCCC2)nc(NCCNS(=O)(=O)c2cccnc2)n1. The highest BCUT2D eigenvalue weighted by molar-refractivity contribution is 7.89. The van der Waals surface area contributed by atoms with E-state index in [2.05, 4.69) is 29.9 Å². The number of pyridine rings is 1. The molecule has 0 amide bonds. The van der Waals surface area contributed by atoms with Crippen molar-refractivity contribution in [2.24, 2.45) is 0 Å². The zero-order chi connectivity index (χ0) is 17.7. The normalized spacial score (nSPS) is 14.7. The van der Waals surface area contributed by atoms with Gasteiger partial charge in [0.05, 0.1) is 0 Å². The van der Waals surface area contributed by atoms with Crippen LogP contribution in [0.15, 0.2) is 35.5 Å². The van der Waals surface area contributed by atoms with Gasteiger partial charge in [0.15, 0.2) is 0 Å². The Balaban J connectivity index is 1.55. The summed E-state index contributed by atoms with van der Waals surface area (Å²) in [4.78, 5) is 15.1. The minimum Gasteiger partial charge on any atom is -0.356 e. The summed E-state index contributed by atoms with van der Waals surface area (Å²) in [5.41, 5.74) is 0.885. The average molecular weight is 362 g/mol. The quantitative estimate of drug-likeness (QED) is 0.713. The molecule has 0 radical (unpaired) electrons. The van der Waals surface area contributed by atoms with Gasteiger partial charge in [0.25, 0.3) is 0 Å². The maximum absolute atomic E-state index is 12.1. The van der Waals surface area contributed by atoms with Gasteiger partial charge in [-0.2, -0.15) is 4.98 Å². The summed E-state index contributed by atoms with van der Waals surface area (Å²) >= 11 is 0. The van der Waals surface area contributed by atoms with Crippen LogP contribution in [-0.4, -0.2) is 49.5 Å². The molecule has 2 N–H and O–H groups in total. The molecule has 1 aliphatic rings. The molecule has 3 rings (SSSR count). The maximum atomic E-state index is 12.1. The van der Waals surface area contributed by atoms with Crippen molar-refractivity contribution in [3.8, 4) is 0 Å². The van der Waals surface area contributed by atoms with E-state index in [0.717, 1.165) is 24.6 Å². The molecule has 0 saturated carbocycles. The van der Waals surface area contributed by atoms with Crippen LogP contribution in [0.1, 0.15) is 18.5 Å². The van der Waals surface area contributed by atoms with Crippen LogP contribution in [0.25, 0.3) is 0 Å². The largest absolute Gasteiger partial charge is 0.356 e. The summed E-state index contributed by atoms with van der Waals surface area (Å²) in [5, 5.41) is 3.08. The summed E-state index contributed by atoms with van der Waals surface area (Å²) in [6.45, 7) is 4.58. The van der Waals surface area contributed by atoms with Gasteiger partial charge in [-0.15, -0.1) is 0 Å². The Morgan fingerprint density at radius 3 is 2.72 bits per heavy atom. The number of anilines is 2. The standard InChI is InChI=1S/C16H22N6O2S/c1-13-11-15(22-9-2-3-10-22)21-16(20-13)18-7-8-19-25(23,24)14-5-4-6-17-12-14/h4-6,11-12,19H,2-3,7-10H2,1H3,(H,18,20,21). The zero-order valence-corrected chi connectivity index (χ0v) is 15.0. The van der Waals surface area contributed by atoms with Crippen molar-refractivity contribution >= 4 is 21.8 Å². The van der Waals surface area contributed by atoms with Crippen LogP contribution in [0.4, 0.5) is 11.8 Å². The van der Waals surface area contributed by atoms with Crippen molar-refractivity contribution in [3.05, 3.63) is 36.3 Å². The fourth-order valence-corrected chi connectivity index (χ4v) is 3.68. The number of aryl methyl sites for hydroxylation is 1. The minimum absolute atomic E-state index is 0.151. The molecule has 0 aromatic carbocycles. The molecule has 0 unspecified atom stereocenters. The Labute approximate surface area is 147 Å². The summed E-state index contributed by atoms with van der Waals surface area (Å²) < 4.78 is 26.8. The van der Waals surface area contributed by atoms with Crippen LogP contribution in [0.3, 0.4) is 0 Å². The maximum Gasteiger partial charge on any atom is 0.242 e. The van der Waals surface area contributed by atoms with Crippen molar-refractivity contribution in [1.82, 2.24) is 19.7 Å². The van der Waals surface area contributed by atoms with Crippen LogP contribution in [-0.2, 0) is 10.0 Å². The number of hydrogen-bond acceptors (Lipinski definition) is 7. The van der Waals surface area contributed by atoms with Crippen molar-refractivity contribution in [2.45, 2.75) is 24.7 Å². The second kappa shape index (κ2) is 7.75. The van der Waals surface area contributed by atoms with Gasteiger partial charge in [-0.25, -0.2) is 18.1 Å². The van der Waals surface area contributed by atoms with E-state index in [0.29, 0.717) is 12.5 Å². The van der Waals surface area contributed by atoms with Crippen LogP contribution in [0.2, 0.25) is 0 Å². The van der Waals surface area contributed by atoms with Crippen molar-refractivity contribution in [2.75, 3.05) is 36.4 Å². The van der Waals surface area contributed by atoms with Gasteiger partial charge in [-0.3, -0.25) is 4.98 Å². The van der Waals surface area contributed by atoms with Gasteiger partial charge >= 0.3 is 0 Å². The van der Waals surface area contributed by atoms with E-state index in [1.165, 1.54) is 31.3 Å². The lowest BCUT2D eigenvalue weighted by atomic mass is 10.4. The van der Waals surface area contributed by atoms with Crippen LogP contribution < -0.4 is 14.9 Å². The first-order valence-corrected chi connectivity index (χ1v) is 9.77. The summed E-state index contributed by atoms with van der Waals surface area (Å²) in [7, 11) is -3.55. The molecule has 3 heterocycles. The van der Waals surface area contributed by atoms with Crippen molar-refractivity contribution < 1.29 is 8.42 Å². The average Bonchev–Trinajstić information content (AvgIpc) is 3.14. The molecule has 2 aromatic rings. The molecule has 2 aromatic heterocycles. The Morgan fingerprint density at radius 1 is 1.20 bits per heavy atom. The molecule has 0 aliphatic carbocycles. The van der Waals surface area contributed by atoms with E-state index in [9.17, 15) is 8.42 Å². The van der Waals surface area contributed by atoms with Gasteiger partial charge in [0, 0.05) is 50.3 Å². The second-order valence-electron chi connectivity index (χ2n) is 5.90. The van der Waals surface area contributed by atoms with Crippen molar-refractivity contribution in [3.63, 3.8) is 0 Å². The molecule has 9 heteroatoms. The first-order chi connectivity index (χ1) is 12.0. The number of nitrogens with zero attached hydrogens (tertiary/aromatic N) is 4.